The molecule has 0 amide bonds. The SMILES string of the molecule is Fc1ccccc1Cc1nnc2sc([C@@H]3COc4ccccc4O3)nn12. The molecule has 0 aliphatic carbocycles. The van der Waals surface area contributed by atoms with E-state index in [0.29, 0.717) is 35.1 Å². The van der Waals surface area contributed by atoms with E-state index in [9.17, 15) is 4.39 Å². The minimum atomic E-state index is -0.307. The second-order valence-electron chi connectivity index (χ2n) is 5.88. The van der Waals surface area contributed by atoms with Gasteiger partial charge in [-0.05, 0) is 23.8 Å². The standard InChI is InChI=1S/C18H13FN4O2S/c19-12-6-2-1-5-11(12)9-16-20-21-18-23(16)22-17(26-18)15-10-24-13-7-3-4-8-14(13)25-15/h1-8,15H,9-10H2/t15-/m0/s1. The summed E-state index contributed by atoms with van der Waals surface area (Å²) in [5.41, 5.74) is 0.558. The van der Waals surface area contributed by atoms with E-state index in [1.54, 1.807) is 22.7 Å². The average molecular weight is 368 g/mol. The molecule has 0 N–H and O–H groups in total. The third-order valence-corrected chi connectivity index (χ3v) is 5.15. The second kappa shape index (κ2) is 6.06. The van der Waals surface area contributed by atoms with Gasteiger partial charge in [0.25, 0.3) is 0 Å². The van der Waals surface area contributed by atoms with Crippen molar-refractivity contribution in [2.75, 3.05) is 6.61 Å². The lowest BCUT2D eigenvalue weighted by atomic mass is 10.1. The van der Waals surface area contributed by atoms with Crippen LogP contribution in [0.25, 0.3) is 4.96 Å². The third kappa shape index (κ3) is 2.59. The normalized spacial score (nSPS) is 16.1. The first kappa shape index (κ1) is 15.3. The third-order valence-electron chi connectivity index (χ3n) is 4.16. The van der Waals surface area contributed by atoms with Gasteiger partial charge in [0.05, 0.1) is 0 Å². The zero-order valence-corrected chi connectivity index (χ0v) is 14.3. The molecule has 2 aromatic carbocycles. The first-order valence-corrected chi connectivity index (χ1v) is 8.92. The fraction of sp³-hybridized carbons (Fsp3) is 0.167. The highest BCUT2D eigenvalue weighted by molar-refractivity contribution is 7.16. The lowest BCUT2D eigenvalue weighted by Crippen LogP contribution is -2.21. The summed E-state index contributed by atoms with van der Waals surface area (Å²) < 4.78 is 27.3. The van der Waals surface area contributed by atoms with E-state index >= 15 is 0 Å². The van der Waals surface area contributed by atoms with Crippen molar-refractivity contribution in [3.63, 3.8) is 0 Å². The van der Waals surface area contributed by atoms with Crippen LogP contribution in [0.1, 0.15) is 22.5 Å². The molecule has 130 valence electrons. The van der Waals surface area contributed by atoms with Crippen molar-refractivity contribution in [3.8, 4) is 11.5 Å². The number of halogens is 1. The van der Waals surface area contributed by atoms with E-state index in [1.165, 1.54) is 17.4 Å². The molecule has 0 spiro atoms. The van der Waals surface area contributed by atoms with E-state index in [1.807, 2.05) is 24.3 Å². The molecule has 0 unspecified atom stereocenters. The van der Waals surface area contributed by atoms with Crippen LogP contribution < -0.4 is 9.47 Å². The van der Waals surface area contributed by atoms with Crippen LogP contribution in [0.15, 0.2) is 48.5 Å². The maximum absolute atomic E-state index is 13.9. The molecule has 1 atom stereocenters. The van der Waals surface area contributed by atoms with Gasteiger partial charge in [0.15, 0.2) is 28.4 Å². The molecule has 1 aliphatic heterocycles. The molecule has 4 aromatic rings. The summed E-state index contributed by atoms with van der Waals surface area (Å²) in [7, 11) is 0. The predicted octanol–water partition coefficient (Wildman–Crippen LogP) is 3.43. The molecule has 0 radical (unpaired) electrons. The van der Waals surface area contributed by atoms with E-state index in [-0.39, 0.29) is 11.9 Å². The van der Waals surface area contributed by atoms with Gasteiger partial charge >= 0.3 is 0 Å². The van der Waals surface area contributed by atoms with Crippen LogP contribution in [0.5, 0.6) is 11.5 Å². The summed E-state index contributed by atoms with van der Waals surface area (Å²) in [5, 5.41) is 13.6. The van der Waals surface area contributed by atoms with Crippen LogP contribution in [-0.4, -0.2) is 26.4 Å². The molecule has 2 aromatic heterocycles. The van der Waals surface area contributed by atoms with Crippen molar-refractivity contribution in [1.82, 2.24) is 19.8 Å². The van der Waals surface area contributed by atoms with Crippen LogP contribution >= 0.6 is 11.3 Å². The minimum absolute atomic E-state index is 0.264. The molecule has 5 rings (SSSR count). The lowest BCUT2D eigenvalue weighted by molar-refractivity contribution is 0.0904. The Bertz CT molecular complexity index is 1090. The number of fused-ring (bicyclic) bond motifs is 2. The van der Waals surface area contributed by atoms with E-state index in [0.717, 1.165) is 10.8 Å². The van der Waals surface area contributed by atoms with Gasteiger partial charge in [-0.15, -0.1) is 10.2 Å². The monoisotopic (exact) mass is 368 g/mol. The van der Waals surface area contributed by atoms with Gasteiger partial charge in [0, 0.05) is 6.42 Å². The fourth-order valence-electron chi connectivity index (χ4n) is 2.87. The predicted molar refractivity (Wildman–Crippen MR) is 93.2 cm³/mol. The molecule has 3 heterocycles. The fourth-order valence-corrected chi connectivity index (χ4v) is 3.74. The smallest absolute Gasteiger partial charge is 0.234 e. The highest BCUT2D eigenvalue weighted by Gasteiger charge is 2.26. The van der Waals surface area contributed by atoms with Crippen molar-refractivity contribution < 1.29 is 13.9 Å². The van der Waals surface area contributed by atoms with Crippen molar-refractivity contribution >= 4 is 16.3 Å². The van der Waals surface area contributed by atoms with Crippen LogP contribution in [0.4, 0.5) is 4.39 Å². The Balaban J connectivity index is 1.45. The molecule has 8 heteroatoms. The number of hydrogen-bond acceptors (Lipinski definition) is 6. The first-order valence-electron chi connectivity index (χ1n) is 8.11. The number of hydrogen-bond donors (Lipinski definition) is 0. The van der Waals surface area contributed by atoms with Crippen LogP contribution in [0, 0.1) is 5.82 Å². The Hall–Kier alpha value is -3.00. The van der Waals surface area contributed by atoms with Crippen molar-refractivity contribution in [3.05, 3.63) is 70.7 Å². The molecular weight excluding hydrogens is 355 g/mol. The number of para-hydroxylation sites is 2. The average Bonchev–Trinajstić information content (AvgIpc) is 3.25. The second-order valence-corrected chi connectivity index (χ2v) is 6.87. The van der Waals surface area contributed by atoms with Crippen LogP contribution in [0.2, 0.25) is 0 Å². The van der Waals surface area contributed by atoms with Crippen molar-refractivity contribution in [2.24, 2.45) is 0 Å². The van der Waals surface area contributed by atoms with Crippen molar-refractivity contribution in [1.29, 1.82) is 0 Å². The summed E-state index contributed by atoms with van der Waals surface area (Å²) in [6.07, 6.45) is 0.0138. The van der Waals surface area contributed by atoms with Gasteiger partial charge in [0.2, 0.25) is 4.96 Å². The number of aromatic nitrogens is 4. The molecule has 0 saturated heterocycles. The molecule has 1 aliphatic rings. The van der Waals surface area contributed by atoms with Crippen molar-refractivity contribution in [2.45, 2.75) is 12.5 Å². The molecule has 26 heavy (non-hydrogen) atoms. The topological polar surface area (TPSA) is 61.5 Å². The van der Waals surface area contributed by atoms with Gasteiger partial charge in [-0.2, -0.15) is 9.61 Å². The molecule has 0 fully saturated rings. The van der Waals surface area contributed by atoms with Gasteiger partial charge < -0.3 is 9.47 Å². The molecule has 6 nitrogen and oxygen atoms in total. The molecule has 0 saturated carbocycles. The van der Waals surface area contributed by atoms with E-state index in [2.05, 4.69) is 15.3 Å². The van der Waals surface area contributed by atoms with Gasteiger partial charge in [-0.3, -0.25) is 0 Å². The highest BCUT2D eigenvalue weighted by atomic mass is 32.1. The molecular formula is C18H13FN4O2S. The summed E-state index contributed by atoms with van der Waals surface area (Å²) in [4.78, 5) is 0.647. The molecule has 0 bridgehead atoms. The highest BCUT2D eigenvalue weighted by Crippen LogP contribution is 2.36. The summed E-state index contributed by atoms with van der Waals surface area (Å²) in [6, 6.07) is 14.2. The number of ether oxygens (including phenoxy) is 2. The number of nitrogens with zero attached hydrogens (tertiary/aromatic N) is 4. The first-order chi connectivity index (χ1) is 12.8. The Labute approximate surface area is 151 Å². The van der Waals surface area contributed by atoms with Gasteiger partial charge in [-0.1, -0.05) is 41.7 Å². The number of benzene rings is 2. The maximum Gasteiger partial charge on any atom is 0.234 e. The Kier molecular flexibility index (Phi) is 3.56. The Morgan fingerprint density at radius 2 is 1.88 bits per heavy atom. The Morgan fingerprint density at radius 1 is 1.08 bits per heavy atom. The van der Waals surface area contributed by atoms with Gasteiger partial charge in [0.1, 0.15) is 12.4 Å². The van der Waals surface area contributed by atoms with Crippen LogP contribution in [0.3, 0.4) is 0 Å². The van der Waals surface area contributed by atoms with E-state index in [4.69, 9.17) is 9.47 Å². The van der Waals surface area contributed by atoms with Gasteiger partial charge in [-0.25, -0.2) is 4.39 Å². The maximum atomic E-state index is 13.9. The number of rotatable bonds is 3. The summed E-state index contributed by atoms with van der Waals surface area (Å²) in [6.45, 7) is 0.379. The van der Waals surface area contributed by atoms with Crippen LogP contribution in [-0.2, 0) is 6.42 Å². The Morgan fingerprint density at radius 3 is 2.77 bits per heavy atom. The summed E-state index contributed by atoms with van der Waals surface area (Å²) >= 11 is 1.39. The largest absolute Gasteiger partial charge is 0.485 e. The zero-order valence-electron chi connectivity index (χ0n) is 13.5. The minimum Gasteiger partial charge on any atom is -0.485 e. The van der Waals surface area contributed by atoms with E-state index < -0.39 is 0 Å². The quantitative estimate of drug-likeness (QED) is 0.554. The summed E-state index contributed by atoms with van der Waals surface area (Å²) in [5.74, 6) is 1.75. The lowest BCUT2D eigenvalue weighted by Gasteiger charge is -2.24. The zero-order chi connectivity index (χ0) is 17.5.